The second-order valence-corrected chi connectivity index (χ2v) is 12.4. The summed E-state index contributed by atoms with van der Waals surface area (Å²) in [5.74, 6) is 5.96. The summed E-state index contributed by atoms with van der Waals surface area (Å²) in [6.07, 6.45) is 9.09. The van der Waals surface area contributed by atoms with Gasteiger partial charge in [-0.2, -0.15) is 0 Å². The van der Waals surface area contributed by atoms with Gasteiger partial charge in [0.15, 0.2) is 0 Å². The number of hydrogen-bond acceptors (Lipinski definition) is 0. The van der Waals surface area contributed by atoms with E-state index in [0.29, 0.717) is 21.7 Å². The van der Waals surface area contributed by atoms with Crippen molar-refractivity contribution in [1.82, 2.24) is 0 Å². The predicted octanol–water partition coefficient (Wildman–Crippen LogP) is 7.18. The van der Waals surface area contributed by atoms with Crippen molar-refractivity contribution in [3.05, 3.63) is 0 Å². The monoisotopic (exact) mass is 330 g/mol. The molecule has 4 fully saturated rings. The van der Waals surface area contributed by atoms with Crippen LogP contribution in [0.3, 0.4) is 0 Å². The van der Waals surface area contributed by atoms with E-state index in [1.165, 1.54) is 38.5 Å². The lowest BCUT2D eigenvalue weighted by Crippen LogP contribution is -2.45. The predicted molar refractivity (Wildman–Crippen MR) is 104 cm³/mol. The molecule has 4 rings (SSSR count). The number of rotatable bonds is 3. The average molecular weight is 331 g/mol. The Balaban J connectivity index is 1.49. The molecule has 0 amide bonds. The van der Waals surface area contributed by atoms with Crippen LogP contribution in [0.1, 0.15) is 93.9 Å². The van der Waals surface area contributed by atoms with Crippen LogP contribution in [-0.2, 0) is 0 Å². The highest BCUT2D eigenvalue weighted by atomic mass is 14.7. The van der Waals surface area contributed by atoms with Gasteiger partial charge >= 0.3 is 0 Å². The van der Waals surface area contributed by atoms with Crippen LogP contribution in [0.4, 0.5) is 0 Å². The maximum atomic E-state index is 2.68. The van der Waals surface area contributed by atoms with E-state index in [4.69, 9.17) is 0 Å². The van der Waals surface area contributed by atoms with Gasteiger partial charge in [-0.25, -0.2) is 0 Å². The Kier molecular flexibility index (Phi) is 3.51. The van der Waals surface area contributed by atoms with Crippen molar-refractivity contribution in [3.63, 3.8) is 0 Å². The summed E-state index contributed by atoms with van der Waals surface area (Å²) in [5, 5.41) is 0. The summed E-state index contributed by atoms with van der Waals surface area (Å²) in [6.45, 7) is 20.7. The molecule has 0 heteroatoms. The third kappa shape index (κ3) is 1.87. The molecular weight excluding hydrogens is 288 g/mol. The lowest BCUT2D eigenvalue weighted by Gasteiger charge is -2.52. The lowest BCUT2D eigenvalue weighted by atomic mass is 9.53. The number of fused-ring (bicyclic) bond motifs is 4. The molecule has 0 N–H and O–H groups in total. The quantitative estimate of drug-likeness (QED) is 0.514. The Morgan fingerprint density at radius 2 is 1.25 bits per heavy atom. The van der Waals surface area contributed by atoms with E-state index in [-0.39, 0.29) is 0 Å². The van der Waals surface area contributed by atoms with Gasteiger partial charge in [0.25, 0.3) is 0 Å². The molecular formula is C24H42. The highest BCUT2D eigenvalue weighted by molar-refractivity contribution is 5.13. The maximum Gasteiger partial charge on any atom is -0.0241 e. The first-order chi connectivity index (χ1) is 10.9. The van der Waals surface area contributed by atoms with Gasteiger partial charge in [-0.15, -0.1) is 0 Å². The highest BCUT2D eigenvalue weighted by Gasteiger charge is 2.64. The Morgan fingerprint density at radius 3 is 1.79 bits per heavy atom. The second kappa shape index (κ2) is 4.83. The average Bonchev–Trinajstić information content (AvgIpc) is 3.14. The van der Waals surface area contributed by atoms with E-state index >= 15 is 0 Å². The molecule has 7 unspecified atom stereocenters. The summed E-state index contributed by atoms with van der Waals surface area (Å²) in [4.78, 5) is 0. The molecule has 0 heterocycles. The zero-order valence-corrected chi connectivity index (χ0v) is 17.7. The van der Waals surface area contributed by atoms with E-state index in [2.05, 4.69) is 55.4 Å². The molecule has 0 nitrogen and oxygen atoms in total. The molecule has 4 bridgehead atoms. The van der Waals surface area contributed by atoms with E-state index in [1.807, 2.05) is 0 Å². The van der Waals surface area contributed by atoms with Crippen molar-refractivity contribution in [2.45, 2.75) is 93.9 Å². The SMILES string of the molecule is CC1CC2CC1C(C)(CCC1CC3CC1C(C)(C)C3(C)C)C2(C)C. The largest absolute Gasteiger partial charge is 0.0622 e. The molecule has 0 aliphatic heterocycles. The van der Waals surface area contributed by atoms with Crippen molar-refractivity contribution in [2.75, 3.05) is 0 Å². The molecule has 0 saturated heterocycles. The summed E-state index contributed by atoms with van der Waals surface area (Å²) in [5.41, 5.74) is 2.25. The van der Waals surface area contributed by atoms with E-state index in [9.17, 15) is 0 Å². The van der Waals surface area contributed by atoms with Gasteiger partial charge in [-0.05, 0) is 95.7 Å². The fourth-order valence-electron chi connectivity index (χ4n) is 8.58. The number of hydrogen-bond donors (Lipinski definition) is 0. The van der Waals surface area contributed by atoms with Gasteiger partial charge in [0.05, 0.1) is 0 Å². The van der Waals surface area contributed by atoms with Gasteiger partial charge in [0.1, 0.15) is 0 Å². The van der Waals surface area contributed by atoms with Gasteiger partial charge in [-0.3, -0.25) is 0 Å². The van der Waals surface area contributed by atoms with Gasteiger partial charge in [0.2, 0.25) is 0 Å². The van der Waals surface area contributed by atoms with E-state index in [0.717, 1.165) is 35.5 Å². The van der Waals surface area contributed by atoms with Crippen molar-refractivity contribution in [3.8, 4) is 0 Å². The minimum absolute atomic E-state index is 0.541. The molecule has 0 spiro atoms. The van der Waals surface area contributed by atoms with Crippen LogP contribution in [0.25, 0.3) is 0 Å². The van der Waals surface area contributed by atoms with Gasteiger partial charge in [0, 0.05) is 0 Å². The summed E-state index contributed by atoms with van der Waals surface area (Å²) >= 11 is 0. The van der Waals surface area contributed by atoms with Crippen LogP contribution < -0.4 is 0 Å². The lowest BCUT2D eigenvalue weighted by molar-refractivity contribution is -0.0337. The van der Waals surface area contributed by atoms with Crippen LogP contribution in [0, 0.1) is 57.2 Å². The highest BCUT2D eigenvalue weighted by Crippen LogP contribution is 2.72. The van der Waals surface area contributed by atoms with Gasteiger partial charge in [-0.1, -0.05) is 55.4 Å². The fourth-order valence-corrected chi connectivity index (χ4v) is 8.58. The van der Waals surface area contributed by atoms with Crippen LogP contribution in [0.5, 0.6) is 0 Å². The normalized spacial score (nSPS) is 53.0. The second-order valence-electron chi connectivity index (χ2n) is 12.4. The van der Waals surface area contributed by atoms with Crippen molar-refractivity contribution < 1.29 is 0 Å². The summed E-state index contributed by atoms with van der Waals surface area (Å²) in [6, 6.07) is 0. The molecule has 7 atom stereocenters. The molecule has 0 aromatic heterocycles. The molecule has 4 aliphatic carbocycles. The topological polar surface area (TPSA) is 0 Å². The minimum Gasteiger partial charge on any atom is -0.0622 e. The fraction of sp³-hybridized carbons (Fsp3) is 1.00. The molecule has 24 heavy (non-hydrogen) atoms. The standard InChI is InChI=1S/C24H42/c1-15-11-17-13-19(15)24(8,22(17,4)5)10-9-16-12-18-14-20(16)23(6,7)21(18,2)3/h15-20H,9-14H2,1-8H3. The zero-order valence-electron chi connectivity index (χ0n) is 17.7. The van der Waals surface area contributed by atoms with Crippen molar-refractivity contribution in [2.24, 2.45) is 57.2 Å². The minimum atomic E-state index is 0.541. The summed E-state index contributed by atoms with van der Waals surface area (Å²) < 4.78 is 0. The Labute approximate surface area is 151 Å². The molecule has 0 aromatic carbocycles. The first kappa shape index (κ1) is 17.4. The zero-order chi connectivity index (χ0) is 17.7. The summed E-state index contributed by atoms with van der Waals surface area (Å²) in [7, 11) is 0. The molecule has 0 aromatic rings. The third-order valence-electron chi connectivity index (χ3n) is 11.5. The van der Waals surface area contributed by atoms with Crippen LogP contribution >= 0.6 is 0 Å². The Hall–Kier alpha value is 0. The van der Waals surface area contributed by atoms with Gasteiger partial charge < -0.3 is 0 Å². The maximum absolute atomic E-state index is 2.68. The van der Waals surface area contributed by atoms with Crippen molar-refractivity contribution >= 4 is 0 Å². The third-order valence-corrected chi connectivity index (χ3v) is 11.5. The first-order valence-corrected chi connectivity index (χ1v) is 10.9. The molecule has 4 saturated carbocycles. The van der Waals surface area contributed by atoms with E-state index in [1.54, 1.807) is 0 Å². The van der Waals surface area contributed by atoms with Crippen LogP contribution in [0.15, 0.2) is 0 Å². The Morgan fingerprint density at radius 1 is 0.667 bits per heavy atom. The van der Waals surface area contributed by atoms with Crippen LogP contribution in [0.2, 0.25) is 0 Å². The molecule has 138 valence electrons. The Bertz CT molecular complexity index is 524. The first-order valence-electron chi connectivity index (χ1n) is 10.9. The molecule has 0 radical (unpaired) electrons. The smallest absolute Gasteiger partial charge is 0.0241 e. The van der Waals surface area contributed by atoms with Crippen molar-refractivity contribution in [1.29, 1.82) is 0 Å². The van der Waals surface area contributed by atoms with Crippen LogP contribution in [-0.4, -0.2) is 0 Å². The molecule has 4 aliphatic rings. The van der Waals surface area contributed by atoms with E-state index < -0.39 is 0 Å².